The fourth-order valence-electron chi connectivity index (χ4n) is 3.81. The number of anilines is 4. The van der Waals surface area contributed by atoms with Crippen LogP contribution in [0.5, 0.6) is 0 Å². The standard InChI is InChI=1S/C20H20ClF3N10O/c1-3-12-14(26)17-28-8-13-15(34(17)32-12)19(2,20(22,23)24)9-33(13)18(35)30-10-6-11(21)16(27-7-10)31-29-5-4-25/h4-8,25H,3,9,26H2,1-2H3,(H,27,31)(H,30,35)/b25-4?,29-5-/t19-/m0/s1. The van der Waals surface area contributed by atoms with Gasteiger partial charge >= 0.3 is 12.2 Å². The third kappa shape index (κ3) is 3.99. The molecule has 184 valence electrons. The molecule has 0 aliphatic carbocycles. The highest BCUT2D eigenvalue weighted by molar-refractivity contribution is 6.33. The average Bonchev–Trinajstić information content (AvgIpc) is 3.30. The van der Waals surface area contributed by atoms with Crippen molar-refractivity contribution in [1.82, 2.24) is 19.6 Å². The number of hydrazone groups is 1. The number of aryl methyl sites for hydroxylation is 1. The highest BCUT2D eigenvalue weighted by Crippen LogP contribution is 2.50. The number of aromatic nitrogens is 4. The summed E-state index contributed by atoms with van der Waals surface area (Å²) in [6.45, 7) is 2.09. The number of pyridine rings is 1. The molecular formula is C20H20ClF3N10O. The molecule has 0 bridgehead atoms. The maximum absolute atomic E-state index is 14.3. The quantitative estimate of drug-likeness (QED) is 0.304. The van der Waals surface area contributed by atoms with E-state index in [4.69, 9.17) is 22.7 Å². The lowest BCUT2D eigenvalue weighted by atomic mass is 9.87. The van der Waals surface area contributed by atoms with Gasteiger partial charge in [-0.05, 0) is 19.4 Å². The van der Waals surface area contributed by atoms with Crippen LogP contribution in [-0.2, 0) is 11.8 Å². The van der Waals surface area contributed by atoms with Gasteiger partial charge in [-0.3, -0.25) is 10.3 Å². The number of nitrogens with one attached hydrogen (secondary N) is 3. The SMILES string of the molecule is CCc1nn2c3c(cnc2c1N)N(C(=O)Nc1cnc(N/N=C\C=N)c(Cl)c1)C[C@]3(C)C(F)(F)F. The van der Waals surface area contributed by atoms with Crippen molar-refractivity contribution in [2.24, 2.45) is 5.10 Å². The van der Waals surface area contributed by atoms with E-state index in [1.165, 1.54) is 18.5 Å². The fourth-order valence-corrected chi connectivity index (χ4v) is 4.02. The van der Waals surface area contributed by atoms with Gasteiger partial charge in [0.1, 0.15) is 11.1 Å². The second-order valence-electron chi connectivity index (χ2n) is 7.90. The molecule has 2 amide bonds. The first-order chi connectivity index (χ1) is 16.5. The minimum atomic E-state index is -4.70. The van der Waals surface area contributed by atoms with E-state index in [0.29, 0.717) is 12.1 Å². The molecule has 0 radical (unpaired) electrons. The topological polar surface area (TPSA) is 150 Å². The van der Waals surface area contributed by atoms with Crippen LogP contribution in [0, 0.1) is 5.41 Å². The first-order valence-corrected chi connectivity index (χ1v) is 10.6. The second-order valence-corrected chi connectivity index (χ2v) is 8.31. The Balaban J connectivity index is 1.71. The monoisotopic (exact) mass is 508 g/mol. The summed E-state index contributed by atoms with van der Waals surface area (Å²) in [5.74, 6) is 0.161. The highest BCUT2D eigenvalue weighted by Gasteiger charge is 2.60. The number of rotatable bonds is 5. The van der Waals surface area contributed by atoms with E-state index in [1.807, 2.05) is 0 Å². The molecular weight excluding hydrogens is 489 g/mol. The predicted octanol–water partition coefficient (Wildman–Crippen LogP) is 3.84. The number of urea groups is 1. The van der Waals surface area contributed by atoms with Crippen molar-refractivity contribution in [2.45, 2.75) is 31.9 Å². The highest BCUT2D eigenvalue weighted by atomic mass is 35.5. The first-order valence-electron chi connectivity index (χ1n) is 10.3. The number of carbonyl (C=O) groups is 1. The lowest BCUT2D eigenvalue weighted by Gasteiger charge is -2.28. The maximum atomic E-state index is 14.3. The van der Waals surface area contributed by atoms with Gasteiger partial charge in [-0.15, -0.1) is 0 Å². The molecule has 3 aromatic rings. The molecule has 35 heavy (non-hydrogen) atoms. The van der Waals surface area contributed by atoms with Gasteiger partial charge in [-0.1, -0.05) is 18.5 Å². The van der Waals surface area contributed by atoms with Gasteiger partial charge in [0.25, 0.3) is 0 Å². The predicted molar refractivity (Wildman–Crippen MR) is 127 cm³/mol. The van der Waals surface area contributed by atoms with E-state index in [9.17, 15) is 18.0 Å². The molecule has 0 aromatic carbocycles. The number of hydrogen-bond acceptors (Lipinski definition) is 8. The van der Waals surface area contributed by atoms with Crippen LogP contribution in [0.25, 0.3) is 5.65 Å². The molecule has 1 aliphatic rings. The Hall–Kier alpha value is -3.94. The van der Waals surface area contributed by atoms with Crippen LogP contribution in [0.2, 0.25) is 5.02 Å². The van der Waals surface area contributed by atoms with Crippen molar-refractivity contribution in [3.8, 4) is 0 Å². The summed E-state index contributed by atoms with van der Waals surface area (Å²) >= 11 is 6.13. The Morgan fingerprint density at radius 2 is 2.14 bits per heavy atom. The van der Waals surface area contributed by atoms with Crippen LogP contribution < -0.4 is 21.4 Å². The summed E-state index contributed by atoms with van der Waals surface area (Å²) in [7, 11) is 0. The number of carbonyl (C=O) groups excluding carboxylic acids is 1. The van der Waals surface area contributed by atoms with E-state index < -0.39 is 24.2 Å². The molecule has 0 fully saturated rings. The van der Waals surface area contributed by atoms with Crippen LogP contribution in [-0.4, -0.2) is 50.8 Å². The number of fused-ring (bicyclic) bond motifs is 3. The molecule has 4 rings (SSSR count). The number of hydrogen-bond donors (Lipinski definition) is 4. The molecule has 4 heterocycles. The van der Waals surface area contributed by atoms with Crippen LogP contribution in [0.4, 0.5) is 40.8 Å². The van der Waals surface area contributed by atoms with Gasteiger partial charge < -0.3 is 16.5 Å². The molecule has 5 N–H and O–H groups in total. The van der Waals surface area contributed by atoms with Gasteiger partial charge in [-0.2, -0.15) is 23.4 Å². The maximum Gasteiger partial charge on any atom is 0.401 e. The number of alkyl halides is 3. The zero-order valence-corrected chi connectivity index (χ0v) is 19.2. The largest absolute Gasteiger partial charge is 0.401 e. The van der Waals surface area contributed by atoms with Crippen molar-refractivity contribution in [3.63, 3.8) is 0 Å². The van der Waals surface area contributed by atoms with Crippen molar-refractivity contribution in [3.05, 3.63) is 34.9 Å². The Labute approximate surface area is 201 Å². The second kappa shape index (κ2) is 8.69. The van der Waals surface area contributed by atoms with E-state index in [2.05, 4.69) is 30.9 Å². The number of nitrogen functional groups attached to an aromatic ring is 1. The van der Waals surface area contributed by atoms with Crippen molar-refractivity contribution in [1.29, 1.82) is 5.41 Å². The zero-order valence-electron chi connectivity index (χ0n) is 18.5. The van der Waals surface area contributed by atoms with Crippen LogP contribution in [0.3, 0.4) is 0 Å². The van der Waals surface area contributed by atoms with Crippen LogP contribution >= 0.6 is 11.6 Å². The van der Waals surface area contributed by atoms with Crippen molar-refractivity contribution >= 4 is 58.6 Å². The molecule has 15 heteroatoms. The number of nitrogens with two attached hydrogens (primary N) is 1. The number of nitrogens with zero attached hydrogens (tertiary/aromatic N) is 6. The fraction of sp³-hybridized carbons (Fsp3) is 0.300. The third-order valence-electron chi connectivity index (χ3n) is 5.64. The smallest absolute Gasteiger partial charge is 0.394 e. The van der Waals surface area contributed by atoms with E-state index >= 15 is 0 Å². The Kier molecular flexibility index (Phi) is 6.00. The van der Waals surface area contributed by atoms with Gasteiger partial charge in [-0.25, -0.2) is 19.3 Å². The minimum absolute atomic E-state index is 0.0432. The Morgan fingerprint density at radius 3 is 2.77 bits per heavy atom. The Bertz CT molecular complexity index is 1360. The summed E-state index contributed by atoms with van der Waals surface area (Å²) in [5.41, 5.74) is 6.72. The summed E-state index contributed by atoms with van der Waals surface area (Å²) in [4.78, 5) is 22.2. The van der Waals surface area contributed by atoms with Crippen molar-refractivity contribution < 1.29 is 18.0 Å². The van der Waals surface area contributed by atoms with Gasteiger partial charge in [0, 0.05) is 12.8 Å². The number of halogens is 4. The molecule has 0 spiro atoms. The molecule has 3 aromatic heterocycles. The van der Waals surface area contributed by atoms with Crippen molar-refractivity contribution in [2.75, 3.05) is 27.9 Å². The summed E-state index contributed by atoms with van der Waals surface area (Å²) < 4.78 is 44.0. The minimum Gasteiger partial charge on any atom is -0.394 e. The van der Waals surface area contributed by atoms with Crippen LogP contribution in [0.15, 0.2) is 23.6 Å². The van der Waals surface area contributed by atoms with E-state index in [-0.39, 0.29) is 39.2 Å². The average molecular weight is 509 g/mol. The molecule has 11 nitrogen and oxygen atoms in total. The molecule has 0 unspecified atom stereocenters. The molecule has 1 atom stereocenters. The zero-order chi connectivity index (χ0) is 25.5. The molecule has 0 saturated carbocycles. The lowest BCUT2D eigenvalue weighted by molar-refractivity contribution is -0.181. The lowest BCUT2D eigenvalue weighted by Crippen LogP contribution is -2.46. The summed E-state index contributed by atoms with van der Waals surface area (Å²) in [6, 6.07) is 0.522. The summed E-state index contributed by atoms with van der Waals surface area (Å²) in [6.07, 6.45) is 0.266. The number of amides is 2. The molecule has 0 saturated heterocycles. The summed E-state index contributed by atoms with van der Waals surface area (Å²) in [5, 5.41) is 17.4. The Morgan fingerprint density at radius 1 is 1.40 bits per heavy atom. The van der Waals surface area contributed by atoms with E-state index in [0.717, 1.165) is 28.8 Å². The van der Waals surface area contributed by atoms with Gasteiger partial charge in [0.2, 0.25) is 0 Å². The third-order valence-corrected chi connectivity index (χ3v) is 5.93. The van der Waals surface area contributed by atoms with E-state index in [1.54, 1.807) is 6.92 Å². The first kappa shape index (κ1) is 24.2. The molecule has 1 aliphatic heterocycles. The van der Waals surface area contributed by atoms with Gasteiger partial charge in [0.05, 0.1) is 46.4 Å². The van der Waals surface area contributed by atoms with Crippen LogP contribution in [0.1, 0.15) is 25.2 Å². The normalized spacial score (nSPS) is 17.7. The van der Waals surface area contributed by atoms with Gasteiger partial charge in [0.15, 0.2) is 11.5 Å².